The van der Waals surface area contributed by atoms with Crippen LogP contribution in [0.5, 0.6) is 0 Å². The molecule has 3 nitrogen and oxygen atoms in total. The molecule has 0 saturated heterocycles. The molecule has 0 aliphatic carbocycles. The lowest BCUT2D eigenvalue weighted by molar-refractivity contribution is -0.148. The van der Waals surface area contributed by atoms with Gasteiger partial charge < -0.3 is 9.47 Å². The summed E-state index contributed by atoms with van der Waals surface area (Å²) in [5.41, 5.74) is 0. The quantitative estimate of drug-likeness (QED) is 0.330. The van der Waals surface area contributed by atoms with Gasteiger partial charge in [-0.15, -0.1) is 6.58 Å². The van der Waals surface area contributed by atoms with E-state index in [0.29, 0.717) is 13.2 Å². The molecule has 0 unspecified atom stereocenters. The molecule has 0 aliphatic heterocycles. The third-order valence-electron chi connectivity index (χ3n) is 1.47. The molecule has 3 heteroatoms. The number of rotatable bonds is 8. The van der Waals surface area contributed by atoms with Crippen molar-refractivity contribution in [3.63, 3.8) is 0 Å². The van der Waals surface area contributed by atoms with Crippen molar-refractivity contribution in [2.45, 2.75) is 26.2 Å². The van der Waals surface area contributed by atoms with Gasteiger partial charge >= 0.3 is 5.97 Å². The minimum absolute atomic E-state index is 0.0259. The molecule has 0 N–H and O–H groups in total. The maximum atomic E-state index is 10.9. The van der Waals surface area contributed by atoms with Crippen molar-refractivity contribution >= 4 is 5.97 Å². The number of carbonyl (C=O) groups is 1. The van der Waals surface area contributed by atoms with Gasteiger partial charge in [-0.25, -0.2) is 4.79 Å². The van der Waals surface area contributed by atoms with Crippen LogP contribution in [0.3, 0.4) is 0 Å². The largest absolute Gasteiger partial charge is 0.464 e. The van der Waals surface area contributed by atoms with Crippen molar-refractivity contribution in [3.8, 4) is 0 Å². The molecule has 0 spiro atoms. The number of unbranched alkanes of at least 4 members (excludes halogenated alkanes) is 2. The molecular formula is C10H18O3. The monoisotopic (exact) mass is 186 g/mol. The Balaban J connectivity index is 3.15. The molecule has 0 rings (SSSR count). The average molecular weight is 186 g/mol. The summed E-state index contributed by atoms with van der Waals surface area (Å²) >= 11 is 0. The second-order valence-electron chi connectivity index (χ2n) is 2.73. The number of hydrogen-bond acceptors (Lipinski definition) is 3. The standard InChI is InChI=1S/C10H18O3/c1-3-5-6-8-13-10(11)9-12-7-4-2/h4H,2-3,5-9H2,1H3. The van der Waals surface area contributed by atoms with Gasteiger partial charge in [-0.05, 0) is 6.42 Å². The Bertz CT molecular complexity index is 143. The normalized spacial score (nSPS) is 9.62. The lowest BCUT2D eigenvalue weighted by atomic mass is 10.3. The highest BCUT2D eigenvalue weighted by Crippen LogP contribution is 1.94. The molecule has 76 valence electrons. The highest BCUT2D eigenvalue weighted by molar-refractivity contribution is 5.70. The van der Waals surface area contributed by atoms with Crippen molar-refractivity contribution in [1.29, 1.82) is 0 Å². The fourth-order valence-corrected chi connectivity index (χ4v) is 0.805. The van der Waals surface area contributed by atoms with Crippen LogP contribution >= 0.6 is 0 Å². The van der Waals surface area contributed by atoms with E-state index in [1.807, 2.05) is 0 Å². The summed E-state index contributed by atoms with van der Waals surface area (Å²) in [7, 11) is 0. The third-order valence-corrected chi connectivity index (χ3v) is 1.47. The number of carbonyl (C=O) groups excluding carboxylic acids is 1. The fraction of sp³-hybridized carbons (Fsp3) is 0.700. The fourth-order valence-electron chi connectivity index (χ4n) is 0.805. The van der Waals surface area contributed by atoms with Crippen LogP contribution in [0.2, 0.25) is 0 Å². The van der Waals surface area contributed by atoms with Gasteiger partial charge in [-0.1, -0.05) is 25.8 Å². The van der Waals surface area contributed by atoms with Crippen LogP contribution in [0.4, 0.5) is 0 Å². The minimum atomic E-state index is -0.294. The number of ether oxygens (including phenoxy) is 2. The Morgan fingerprint density at radius 3 is 2.85 bits per heavy atom. The van der Waals surface area contributed by atoms with Crippen molar-refractivity contribution in [1.82, 2.24) is 0 Å². The third kappa shape index (κ3) is 9.08. The van der Waals surface area contributed by atoms with E-state index in [9.17, 15) is 4.79 Å². The van der Waals surface area contributed by atoms with Crippen molar-refractivity contribution in [2.24, 2.45) is 0 Å². The smallest absolute Gasteiger partial charge is 0.332 e. The molecule has 0 aromatic rings. The summed E-state index contributed by atoms with van der Waals surface area (Å²) in [4.78, 5) is 10.9. The predicted octanol–water partition coefficient (Wildman–Crippen LogP) is 1.92. The Morgan fingerprint density at radius 2 is 2.23 bits per heavy atom. The van der Waals surface area contributed by atoms with Gasteiger partial charge in [-0.3, -0.25) is 0 Å². The first kappa shape index (κ1) is 12.2. The Kier molecular flexibility index (Phi) is 8.67. The van der Waals surface area contributed by atoms with Gasteiger partial charge in [0.2, 0.25) is 0 Å². The predicted molar refractivity (Wildman–Crippen MR) is 51.5 cm³/mol. The first-order valence-corrected chi connectivity index (χ1v) is 4.65. The molecule has 0 bridgehead atoms. The second-order valence-corrected chi connectivity index (χ2v) is 2.73. The summed E-state index contributed by atoms with van der Waals surface area (Å²) in [5.74, 6) is -0.294. The lowest BCUT2D eigenvalue weighted by Crippen LogP contribution is -2.13. The van der Waals surface area contributed by atoms with Crippen LogP contribution in [-0.2, 0) is 14.3 Å². The van der Waals surface area contributed by atoms with E-state index in [-0.39, 0.29) is 12.6 Å². The molecule has 0 aromatic carbocycles. The second kappa shape index (κ2) is 9.26. The molecule has 0 heterocycles. The van der Waals surface area contributed by atoms with E-state index in [4.69, 9.17) is 9.47 Å². The summed E-state index contributed by atoms with van der Waals surface area (Å²) < 4.78 is 9.80. The van der Waals surface area contributed by atoms with Crippen LogP contribution in [0.15, 0.2) is 12.7 Å². The molecule has 0 radical (unpaired) electrons. The average Bonchev–Trinajstić information content (AvgIpc) is 2.13. The molecule has 13 heavy (non-hydrogen) atoms. The van der Waals surface area contributed by atoms with E-state index in [1.54, 1.807) is 6.08 Å². The zero-order valence-corrected chi connectivity index (χ0v) is 8.25. The minimum Gasteiger partial charge on any atom is -0.464 e. The maximum absolute atomic E-state index is 10.9. The Hall–Kier alpha value is -0.830. The summed E-state index contributed by atoms with van der Waals surface area (Å²) in [6, 6.07) is 0. The van der Waals surface area contributed by atoms with Crippen LogP contribution in [-0.4, -0.2) is 25.8 Å². The van der Waals surface area contributed by atoms with Crippen molar-refractivity contribution in [2.75, 3.05) is 19.8 Å². The summed E-state index contributed by atoms with van der Waals surface area (Å²) in [6.45, 7) is 6.50. The Labute approximate surface area is 79.7 Å². The molecule has 0 fully saturated rings. The molecule has 0 saturated carbocycles. The van der Waals surface area contributed by atoms with E-state index in [2.05, 4.69) is 13.5 Å². The Morgan fingerprint density at radius 1 is 1.46 bits per heavy atom. The van der Waals surface area contributed by atoms with E-state index in [1.165, 1.54) is 0 Å². The van der Waals surface area contributed by atoms with E-state index in [0.717, 1.165) is 19.3 Å². The molecule has 0 aromatic heterocycles. The van der Waals surface area contributed by atoms with Gasteiger partial charge in [0.1, 0.15) is 6.61 Å². The zero-order chi connectivity index (χ0) is 9.94. The number of hydrogen-bond donors (Lipinski definition) is 0. The summed E-state index contributed by atoms with van der Waals surface area (Å²) in [6.07, 6.45) is 4.76. The van der Waals surface area contributed by atoms with Crippen LogP contribution in [0, 0.1) is 0 Å². The topological polar surface area (TPSA) is 35.5 Å². The molecule has 0 atom stereocenters. The zero-order valence-electron chi connectivity index (χ0n) is 8.25. The van der Waals surface area contributed by atoms with E-state index < -0.39 is 0 Å². The van der Waals surface area contributed by atoms with Crippen LogP contribution in [0.1, 0.15) is 26.2 Å². The van der Waals surface area contributed by atoms with E-state index >= 15 is 0 Å². The molecular weight excluding hydrogens is 168 g/mol. The van der Waals surface area contributed by atoms with Gasteiger partial charge in [0.05, 0.1) is 13.2 Å². The van der Waals surface area contributed by atoms with Gasteiger partial charge in [0.25, 0.3) is 0 Å². The van der Waals surface area contributed by atoms with Crippen LogP contribution in [0.25, 0.3) is 0 Å². The SMILES string of the molecule is C=CCOCC(=O)OCCCCC. The first-order valence-electron chi connectivity index (χ1n) is 4.65. The highest BCUT2D eigenvalue weighted by Gasteiger charge is 2.00. The van der Waals surface area contributed by atoms with Gasteiger partial charge in [0.15, 0.2) is 0 Å². The van der Waals surface area contributed by atoms with Crippen molar-refractivity contribution < 1.29 is 14.3 Å². The maximum Gasteiger partial charge on any atom is 0.332 e. The highest BCUT2D eigenvalue weighted by atomic mass is 16.6. The summed E-state index contributed by atoms with van der Waals surface area (Å²) in [5, 5.41) is 0. The van der Waals surface area contributed by atoms with Gasteiger partial charge in [0, 0.05) is 0 Å². The molecule has 0 amide bonds. The van der Waals surface area contributed by atoms with Crippen LogP contribution < -0.4 is 0 Å². The number of esters is 1. The molecule has 0 aliphatic rings. The van der Waals surface area contributed by atoms with Gasteiger partial charge in [-0.2, -0.15) is 0 Å². The first-order chi connectivity index (χ1) is 6.31. The van der Waals surface area contributed by atoms with Crippen molar-refractivity contribution in [3.05, 3.63) is 12.7 Å². The lowest BCUT2D eigenvalue weighted by Gasteiger charge is -2.03.